The molecule has 132 valence electrons. The van der Waals surface area contributed by atoms with Crippen LogP contribution in [0.1, 0.15) is 23.3 Å². The van der Waals surface area contributed by atoms with Gasteiger partial charge in [-0.25, -0.2) is 0 Å². The molecular weight excluding hydrogens is 368 g/mol. The molecular formula is C17H16N6OS2. The van der Waals surface area contributed by atoms with E-state index in [4.69, 9.17) is 0 Å². The second-order valence-corrected chi connectivity index (χ2v) is 7.95. The molecule has 1 amide bonds. The van der Waals surface area contributed by atoms with Gasteiger partial charge in [0.25, 0.3) is 5.91 Å². The zero-order valence-electron chi connectivity index (χ0n) is 13.8. The molecule has 1 aliphatic rings. The van der Waals surface area contributed by atoms with Crippen molar-refractivity contribution in [1.82, 2.24) is 20.4 Å². The number of carbonyl (C=O) groups excluding carboxylic acids is 1. The van der Waals surface area contributed by atoms with Crippen LogP contribution in [-0.4, -0.2) is 39.4 Å². The molecule has 3 aromatic rings. The Labute approximate surface area is 158 Å². The Hall–Kier alpha value is -2.52. The second kappa shape index (κ2) is 7.79. The lowest BCUT2D eigenvalue weighted by atomic mass is 10.3. The molecule has 0 aliphatic carbocycles. The summed E-state index contributed by atoms with van der Waals surface area (Å²) in [6.45, 7) is 2.09. The Morgan fingerprint density at radius 2 is 1.81 bits per heavy atom. The highest BCUT2D eigenvalue weighted by molar-refractivity contribution is 8.01. The molecule has 1 aliphatic heterocycles. The highest BCUT2D eigenvalue weighted by Crippen LogP contribution is 2.33. The van der Waals surface area contributed by atoms with E-state index in [9.17, 15) is 4.79 Å². The van der Waals surface area contributed by atoms with Crippen molar-refractivity contribution in [2.24, 2.45) is 0 Å². The van der Waals surface area contributed by atoms with E-state index >= 15 is 0 Å². The van der Waals surface area contributed by atoms with Gasteiger partial charge in [0, 0.05) is 18.8 Å². The third kappa shape index (κ3) is 4.00. The van der Waals surface area contributed by atoms with E-state index in [0.29, 0.717) is 5.03 Å². The molecule has 0 radical (unpaired) electrons. The number of carbonyl (C=O) groups is 1. The van der Waals surface area contributed by atoms with Gasteiger partial charge >= 0.3 is 0 Å². The Morgan fingerprint density at radius 1 is 1.00 bits per heavy atom. The molecule has 1 N–H and O–H groups in total. The molecule has 4 rings (SSSR count). The van der Waals surface area contributed by atoms with Gasteiger partial charge in [0.1, 0.15) is 5.03 Å². The van der Waals surface area contributed by atoms with Crippen LogP contribution < -0.4 is 10.2 Å². The van der Waals surface area contributed by atoms with E-state index in [1.54, 1.807) is 23.5 Å². The summed E-state index contributed by atoms with van der Waals surface area (Å²) in [5.74, 6) is -0.285. The Bertz CT molecular complexity index is 878. The molecule has 9 heteroatoms. The van der Waals surface area contributed by atoms with Crippen molar-refractivity contribution in [2.75, 3.05) is 23.3 Å². The zero-order chi connectivity index (χ0) is 17.8. The Balaban J connectivity index is 1.39. The van der Waals surface area contributed by atoms with E-state index in [-0.39, 0.29) is 11.6 Å². The summed E-state index contributed by atoms with van der Waals surface area (Å²) in [5, 5.41) is 21.0. The largest absolute Gasteiger partial charge is 0.347 e. The number of hydrogen-bond acceptors (Lipinski definition) is 8. The summed E-state index contributed by atoms with van der Waals surface area (Å²) < 4.78 is 0.822. The smallest absolute Gasteiger partial charge is 0.276 e. The lowest BCUT2D eigenvalue weighted by molar-refractivity contribution is 0.102. The van der Waals surface area contributed by atoms with Crippen molar-refractivity contribution in [1.29, 1.82) is 0 Å². The fourth-order valence-corrected chi connectivity index (χ4v) is 4.34. The number of anilines is 2. The van der Waals surface area contributed by atoms with E-state index in [1.165, 1.54) is 24.6 Å². The van der Waals surface area contributed by atoms with Crippen molar-refractivity contribution in [3.8, 4) is 0 Å². The van der Waals surface area contributed by atoms with Crippen LogP contribution in [0.2, 0.25) is 0 Å². The second-order valence-electron chi connectivity index (χ2n) is 5.72. The first-order chi connectivity index (χ1) is 12.8. The monoisotopic (exact) mass is 384 g/mol. The van der Waals surface area contributed by atoms with Crippen LogP contribution in [0.3, 0.4) is 0 Å². The number of benzene rings is 1. The van der Waals surface area contributed by atoms with Crippen LogP contribution in [-0.2, 0) is 0 Å². The van der Waals surface area contributed by atoms with Gasteiger partial charge in [-0.1, -0.05) is 29.5 Å². The minimum Gasteiger partial charge on any atom is -0.347 e. The van der Waals surface area contributed by atoms with Crippen LogP contribution in [0.4, 0.5) is 10.8 Å². The quantitative estimate of drug-likeness (QED) is 0.722. The lowest BCUT2D eigenvalue weighted by Crippen LogP contribution is -2.17. The predicted molar refractivity (Wildman–Crippen MR) is 102 cm³/mol. The van der Waals surface area contributed by atoms with Gasteiger partial charge in [-0.3, -0.25) is 4.79 Å². The maximum Gasteiger partial charge on any atom is 0.276 e. The van der Waals surface area contributed by atoms with Gasteiger partial charge in [0.2, 0.25) is 5.13 Å². The normalized spacial score (nSPS) is 13.8. The predicted octanol–water partition coefficient (Wildman–Crippen LogP) is 3.33. The summed E-state index contributed by atoms with van der Waals surface area (Å²) in [6.07, 6.45) is 2.42. The molecule has 2 aromatic heterocycles. The zero-order valence-corrected chi connectivity index (χ0v) is 15.5. The van der Waals surface area contributed by atoms with E-state index in [2.05, 4.69) is 30.6 Å². The molecule has 0 atom stereocenters. The van der Waals surface area contributed by atoms with Gasteiger partial charge in [-0.2, -0.15) is 0 Å². The Morgan fingerprint density at radius 3 is 2.54 bits per heavy atom. The molecule has 0 bridgehead atoms. The van der Waals surface area contributed by atoms with E-state index in [0.717, 1.165) is 28.2 Å². The molecule has 0 spiro atoms. The van der Waals surface area contributed by atoms with Gasteiger partial charge in [-0.15, -0.1) is 20.4 Å². The third-order valence-electron chi connectivity index (χ3n) is 3.87. The maximum atomic E-state index is 12.2. The first-order valence-electron chi connectivity index (χ1n) is 8.24. The minimum atomic E-state index is -0.285. The number of hydrogen-bond donors (Lipinski definition) is 1. The van der Waals surface area contributed by atoms with Gasteiger partial charge < -0.3 is 10.2 Å². The number of nitrogens with one attached hydrogen (secondary N) is 1. The Kier molecular flexibility index (Phi) is 5.07. The van der Waals surface area contributed by atoms with Crippen molar-refractivity contribution < 1.29 is 4.79 Å². The van der Waals surface area contributed by atoms with Crippen molar-refractivity contribution >= 4 is 39.8 Å². The molecule has 0 unspecified atom stereocenters. The number of nitrogens with zero attached hydrogens (tertiary/aromatic N) is 5. The summed E-state index contributed by atoms with van der Waals surface area (Å²) in [5.41, 5.74) is 0.995. The summed E-state index contributed by atoms with van der Waals surface area (Å²) in [6, 6.07) is 12.7. The minimum absolute atomic E-state index is 0.272. The van der Waals surface area contributed by atoms with E-state index < -0.39 is 0 Å². The molecule has 0 saturated carbocycles. The number of para-hydroxylation sites is 1. The lowest BCUT2D eigenvalue weighted by Gasteiger charge is -2.10. The molecule has 3 heterocycles. The number of amides is 1. The molecule has 1 saturated heterocycles. The van der Waals surface area contributed by atoms with Crippen LogP contribution in [0.5, 0.6) is 0 Å². The van der Waals surface area contributed by atoms with Crippen molar-refractivity contribution in [2.45, 2.75) is 22.2 Å². The van der Waals surface area contributed by atoms with E-state index in [1.807, 2.05) is 30.3 Å². The fraction of sp³-hybridized carbons (Fsp3) is 0.235. The van der Waals surface area contributed by atoms with Crippen LogP contribution >= 0.6 is 23.1 Å². The van der Waals surface area contributed by atoms with Gasteiger partial charge in [0.15, 0.2) is 10.0 Å². The molecule has 7 nitrogen and oxygen atoms in total. The summed E-state index contributed by atoms with van der Waals surface area (Å²) in [4.78, 5) is 14.4. The molecule has 26 heavy (non-hydrogen) atoms. The number of aromatic nitrogens is 4. The summed E-state index contributed by atoms with van der Waals surface area (Å²) >= 11 is 2.96. The first kappa shape index (κ1) is 16.9. The van der Waals surface area contributed by atoms with Crippen LogP contribution in [0.25, 0.3) is 0 Å². The highest BCUT2D eigenvalue weighted by Gasteiger charge is 2.17. The van der Waals surface area contributed by atoms with Crippen LogP contribution in [0, 0.1) is 0 Å². The topological polar surface area (TPSA) is 83.9 Å². The average Bonchev–Trinajstić information content (AvgIpc) is 3.35. The molecule has 1 aromatic carbocycles. The SMILES string of the molecule is O=C(Nc1ccccc1)c1ccc(Sc2nnc(N3CCCC3)s2)nn1. The fourth-order valence-electron chi connectivity index (χ4n) is 2.58. The average molecular weight is 384 g/mol. The first-order valence-corrected chi connectivity index (χ1v) is 9.88. The maximum absolute atomic E-state index is 12.2. The van der Waals surface area contributed by atoms with Gasteiger partial charge in [-0.05, 0) is 48.9 Å². The molecule has 1 fully saturated rings. The van der Waals surface area contributed by atoms with Crippen molar-refractivity contribution in [3.05, 3.63) is 48.2 Å². The number of rotatable bonds is 5. The standard InChI is InChI=1S/C17H16N6OS2/c24-15(18-12-6-2-1-3-7-12)13-8-9-14(20-19-13)25-17-22-21-16(26-17)23-10-4-5-11-23/h1-3,6-9H,4-5,10-11H2,(H,18,24). The highest BCUT2D eigenvalue weighted by atomic mass is 32.2. The van der Waals surface area contributed by atoms with Crippen LogP contribution in [0.15, 0.2) is 51.8 Å². The third-order valence-corrected chi connectivity index (χ3v) is 5.83. The van der Waals surface area contributed by atoms with Gasteiger partial charge in [0.05, 0.1) is 0 Å². The van der Waals surface area contributed by atoms with Crippen molar-refractivity contribution in [3.63, 3.8) is 0 Å². The summed E-state index contributed by atoms with van der Waals surface area (Å²) in [7, 11) is 0.